The van der Waals surface area contributed by atoms with Crippen molar-refractivity contribution in [3.63, 3.8) is 0 Å². The van der Waals surface area contributed by atoms with Crippen LogP contribution in [0.5, 0.6) is 0 Å². The lowest BCUT2D eigenvalue weighted by Gasteiger charge is -2.12. The SMILES string of the molecule is CCCCCCCCCCCCCCCC(O)/C(=N\S(=O)(=O)CCCCCCCCCCC)NO. The van der Waals surface area contributed by atoms with Crippen molar-refractivity contribution in [1.29, 1.82) is 0 Å². The molecule has 0 bridgehead atoms. The average molecular weight is 519 g/mol. The Morgan fingerprint density at radius 3 is 1.34 bits per heavy atom. The molecule has 0 aromatic rings. The molecule has 3 N–H and O–H groups in total. The third-order valence-corrected chi connectivity index (χ3v) is 8.03. The van der Waals surface area contributed by atoms with Gasteiger partial charge in [-0.3, -0.25) is 10.7 Å². The molecule has 0 radical (unpaired) electrons. The van der Waals surface area contributed by atoms with Gasteiger partial charge in [0.05, 0.1) is 5.75 Å². The van der Waals surface area contributed by atoms with Gasteiger partial charge >= 0.3 is 0 Å². The summed E-state index contributed by atoms with van der Waals surface area (Å²) in [6.45, 7) is 4.46. The molecule has 0 amide bonds. The lowest BCUT2D eigenvalue weighted by atomic mass is 10.0. The number of aliphatic hydroxyl groups is 1. The molecule has 0 saturated carbocycles. The van der Waals surface area contributed by atoms with E-state index >= 15 is 0 Å². The number of hydrogen-bond acceptors (Lipinski definition) is 4. The Morgan fingerprint density at radius 2 is 0.971 bits per heavy atom. The molecule has 0 aliphatic rings. The lowest BCUT2D eigenvalue weighted by molar-refractivity contribution is 0.180. The number of rotatable bonds is 26. The van der Waals surface area contributed by atoms with Crippen LogP contribution in [0.1, 0.15) is 162 Å². The molecule has 0 heterocycles. The van der Waals surface area contributed by atoms with E-state index in [4.69, 9.17) is 0 Å². The van der Waals surface area contributed by atoms with E-state index in [0.29, 0.717) is 12.8 Å². The van der Waals surface area contributed by atoms with Crippen LogP contribution in [0.3, 0.4) is 0 Å². The van der Waals surface area contributed by atoms with Gasteiger partial charge in [-0.25, -0.2) is 8.42 Å². The van der Waals surface area contributed by atoms with Gasteiger partial charge < -0.3 is 5.11 Å². The fourth-order valence-corrected chi connectivity index (χ4v) is 5.56. The van der Waals surface area contributed by atoms with Crippen molar-refractivity contribution in [3.8, 4) is 0 Å². The second kappa shape index (κ2) is 25.0. The predicted molar refractivity (Wildman–Crippen MR) is 150 cm³/mol. The predicted octanol–water partition coefficient (Wildman–Crippen LogP) is 8.07. The molecule has 7 heteroatoms. The number of sulfonamides is 1. The van der Waals surface area contributed by atoms with Crippen LogP contribution in [0.15, 0.2) is 4.40 Å². The molecular weight excluding hydrogens is 460 g/mol. The number of hydrogen-bond donors (Lipinski definition) is 3. The van der Waals surface area contributed by atoms with Gasteiger partial charge in [-0.1, -0.05) is 149 Å². The molecule has 0 fully saturated rings. The molecule has 0 aromatic heterocycles. The topological polar surface area (TPSA) is 99.0 Å². The molecular formula is C28H58N2O4S. The molecule has 1 unspecified atom stereocenters. The lowest BCUT2D eigenvalue weighted by Crippen LogP contribution is -2.33. The summed E-state index contributed by atoms with van der Waals surface area (Å²) >= 11 is 0. The third kappa shape index (κ3) is 23.5. The van der Waals surface area contributed by atoms with Crippen LogP contribution in [-0.4, -0.2) is 36.4 Å². The van der Waals surface area contributed by atoms with E-state index < -0.39 is 16.1 Å². The summed E-state index contributed by atoms with van der Waals surface area (Å²) in [5.41, 5.74) is 1.81. The first kappa shape index (κ1) is 34.3. The summed E-state index contributed by atoms with van der Waals surface area (Å²) in [6, 6.07) is 0. The second-order valence-electron chi connectivity index (χ2n) is 10.2. The molecule has 0 rings (SSSR count). The number of aliphatic hydroxyl groups excluding tert-OH is 1. The highest BCUT2D eigenvalue weighted by Gasteiger charge is 2.17. The highest BCUT2D eigenvalue weighted by Crippen LogP contribution is 2.14. The number of nitrogens with zero attached hydrogens (tertiary/aromatic N) is 1. The first-order valence-corrected chi connectivity index (χ1v) is 16.5. The van der Waals surface area contributed by atoms with Crippen molar-refractivity contribution in [3.05, 3.63) is 0 Å². The van der Waals surface area contributed by atoms with Gasteiger partial charge in [0.2, 0.25) is 0 Å². The maximum absolute atomic E-state index is 12.3. The van der Waals surface area contributed by atoms with Gasteiger partial charge in [0, 0.05) is 0 Å². The number of hydroxylamine groups is 1. The molecule has 0 spiro atoms. The smallest absolute Gasteiger partial charge is 0.254 e. The normalized spacial score (nSPS) is 13.3. The Morgan fingerprint density at radius 1 is 0.629 bits per heavy atom. The van der Waals surface area contributed by atoms with Crippen LogP contribution in [0.4, 0.5) is 0 Å². The van der Waals surface area contributed by atoms with Crippen molar-refractivity contribution < 1.29 is 18.7 Å². The van der Waals surface area contributed by atoms with Crippen molar-refractivity contribution in [2.45, 2.75) is 168 Å². The molecule has 0 aromatic carbocycles. The summed E-state index contributed by atoms with van der Waals surface area (Å²) in [6.07, 6.45) is 25.4. The first-order chi connectivity index (χ1) is 17.0. The van der Waals surface area contributed by atoms with Crippen molar-refractivity contribution in [1.82, 2.24) is 5.48 Å². The molecule has 1 atom stereocenters. The number of amidine groups is 1. The number of nitrogens with one attached hydrogen (secondary N) is 1. The zero-order valence-electron chi connectivity index (χ0n) is 23.1. The van der Waals surface area contributed by atoms with Crippen molar-refractivity contribution in [2.24, 2.45) is 4.40 Å². The van der Waals surface area contributed by atoms with Gasteiger partial charge in [-0.15, -0.1) is 4.40 Å². The highest BCUT2D eigenvalue weighted by molar-refractivity contribution is 7.90. The Kier molecular flexibility index (Phi) is 24.5. The quantitative estimate of drug-likeness (QED) is 0.0465. The maximum atomic E-state index is 12.3. The highest BCUT2D eigenvalue weighted by atomic mass is 32.2. The van der Waals surface area contributed by atoms with Gasteiger partial charge in [-0.2, -0.15) is 0 Å². The summed E-state index contributed by atoms with van der Waals surface area (Å²) in [7, 11) is -3.69. The molecule has 35 heavy (non-hydrogen) atoms. The standard InChI is InChI=1S/C28H58N2O4S/c1-3-5-7-9-11-13-14-15-16-17-19-21-23-25-27(31)28(29-32)30-35(33,34)26-24-22-20-18-12-10-8-6-4-2/h27,31-32H,3-26H2,1-2H3,(H,29,30). The minimum atomic E-state index is -3.69. The summed E-state index contributed by atoms with van der Waals surface area (Å²) in [5.74, 6) is -0.292. The maximum Gasteiger partial charge on any atom is 0.254 e. The molecule has 0 saturated heterocycles. The zero-order valence-corrected chi connectivity index (χ0v) is 23.9. The summed E-state index contributed by atoms with van der Waals surface area (Å²) in [5, 5.41) is 19.6. The monoisotopic (exact) mass is 518 g/mol. The van der Waals surface area contributed by atoms with E-state index in [1.165, 1.54) is 96.3 Å². The third-order valence-electron chi connectivity index (χ3n) is 6.75. The van der Waals surface area contributed by atoms with Gasteiger partial charge in [0.15, 0.2) is 5.84 Å². The summed E-state index contributed by atoms with van der Waals surface area (Å²) in [4.78, 5) is 0. The van der Waals surface area contributed by atoms with E-state index in [1.807, 2.05) is 5.48 Å². The van der Waals surface area contributed by atoms with E-state index in [2.05, 4.69) is 18.2 Å². The Bertz CT molecular complexity index is 582. The average Bonchev–Trinajstić information content (AvgIpc) is 2.84. The van der Waals surface area contributed by atoms with Crippen LogP contribution in [-0.2, 0) is 10.0 Å². The molecule has 0 aliphatic carbocycles. The largest absolute Gasteiger partial charge is 0.385 e. The van der Waals surface area contributed by atoms with Gasteiger partial charge in [-0.05, 0) is 12.8 Å². The minimum Gasteiger partial charge on any atom is -0.385 e. The molecule has 210 valence electrons. The number of unbranched alkanes of at least 4 members (excludes halogenated alkanes) is 20. The van der Waals surface area contributed by atoms with E-state index in [0.717, 1.165) is 38.5 Å². The van der Waals surface area contributed by atoms with Crippen LogP contribution in [0, 0.1) is 0 Å². The van der Waals surface area contributed by atoms with Crippen LogP contribution in [0.25, 0.3) is 0 Å². The molecule has 6 nitrogen and oxygen atoms in total. The fourth-order valence-electron chi connectivity index (χ4n) is 4.44. The molecule has 0 aliphatic heterocycles. The Hall–Kier alpha value is -0.660. The van der Waals surface area contributed by atoms with E-state index in [9.17, 15) is 18.7 Å². The van der Waals surface area contributed by atoms with E-state index in [-0.39, 0.29) is 11.6 Å². The Labute approximate surface area is 217 Å². The van der Waals surface area contributed by atoms with Gasteiger partial charge in [0.1, 0.15) is 6.10 Å². The van der Waals surface area contributed by atoms with Crippen LogP contribution >= 0.6 is 0 Å². The summed E-state index contributed by atoms with van der Waals surface area (Å²) < 4.78 is 28.2. The van der Waals surface area contributed by atoms with Crippen molar-refractivity contribution >= 4 is 15.9 Å². The van der Waals surface area contributed by atoms with E-state index in [1.54, 1.807) is 0 Å². The fraction of sp³-hybridized carbons (Fsp3) is 0.964. The first-order valence-electron chi connectivity index (χ1n) is 14.9. The minimum absolute atomic E-state index is 0.0422. The zero-order chi connectivity index (χ0) is 26.0. The Balaban J connectivity index is 3.86. The van der Waals surface area contributed by atoms with Crippen molar-refractivity contribution in [2.75, 3.05) is 5.75 Å². The van der Waals surface area contributed by atoms with Gasteiger partial charge in [0.25, 0.3) is 10.0 Å². The van der Waals surface area contributed by atoms with Crippen LogP contribution in [0.2, 0.25) is 0 Å². The van der Waals surface area contributed by atoms with Crippen LogP contribution < -0.4 is 5.48 Å². The second-order valence-corrected chi connectivity index (χ2v) is 12.0.